The average Bonchev–Trinajstić information content (AvgIpc) is 2.74. The van der Waals surface area contributed by atoms with Crippen molar-refractivity contribution in [3.8, 4) is 17.2 Å². The fourth-order valence-electron chi connectivity index (χ4n) is 2.20. The summed E-state index contributed by atoms with van der Waals surface area (Å²) >= 11 is 0. The molecule has 0 saturated heterocycles. The Morgan fingerprint density at radius 2 is 0.706 bits per heavy atom. The normalized spacial score (nSPS) is 9.18. The van der Waals surface area contributed by atoms with Gasteiger partial charge in [0.05, 0.1) is 17.1 Å². The van der Waals surface area contributed by atoms with Crippen molar-refractivity contribution in [2.75, 3.05) is 17.2 Å². The molecule has 0 spiro atoms. The van der Waals surface area contributed by atoms with Crippen LogP contribution in [-0.2, 0) is 17.1 Å². The zero-order valence-corrected chi connectivity index (χ0v) is 18.3. The first-order valence-electron chi connectivity index (χ1n) is 8.80. The minimum absolute atomic E-state index is 0. The first kappa shape index (κ1) is 29.4. The quantitative estimate of drug-likeness (QED) is 0.138. The van der Waals surface area contributed by atoms with E-state index in [0.29, 0.717) is 0 Å². The molecule has 12 N–H and O–H groups in total. The van der Waals surface area contributed by atoms with Crippen LogP contribution in [0.2, 0.25) is 0 Å². The first-order chi connectivity index (χ1) is 15.4. The summed E-state index contributed by atoms with van der Waals surface area (Å²) in [6.45, 7) is 0. The Bertz CT molecular complexity index is 1040. The SMILES string of the molecule is Nc1cccc(C(=O)O)c1O.Nc1cccc(C(=O)O)c1O.Nc1cccc(C(=O)O)c1O.[Fe]. The van der Waals surface area contributed by atoms with Gasteiger partial charge >= 0.3 is 17.9 Å². The summed E-state index contributed by atoms with van der Waals surface area (Å²) < 4.78 is 0. The third-order valence-corrected chi connectivity index (χ3v) is 3.89. The van der Waals surface area contributed by atoms with Gasteiger partial charge < -0.3 is 47.8 Å². The number of carboxylic acid groups (broad SMARTS) is 3. The number of rotatable bonds is 3. The molecule has 0 heterocycles. The average molecular weight is 515 g/mol. The van der Waals surface area contributed by atoms with Crippen molar-refractivity contribution in [3.05, 3.63) is 71.3 Å². The van der Waals surface area contributed by atoms with Crippen LogP contribution in [-0.4, -0.2) is 48.5 Å². The van der Waals surface area contributed by atoms with Gasteiger partial charge in [0, 0.05) is 17.1 Å². The number of para-hydroxylation sites is 3. The minimum atomic E-state index is -1.19. The van der Waals surface area contributed by atoms with E-state index in [1.54, 1.807) is 0 Å². The Kier molecular flexibility index (Phi) is 11.3. The maximum absolute atomic E-state index is 10.4. The summed E-state index contributed by atoms with van der Waals surface area (Å²) in [5, 5.41) is 52.6. The number of carboxylic acids is 3. The monoisotopic (exact) mass is 515 g/mol. The number of nitrogens with two attached hydrogens (primary N) is 3. The predicted octanol–water partition coefficient (Wildman–Crippen LogP) is 2.02. The van der Waals surface area contributed by atoms with Crippen LogP contribution in [0.5, 0.6) is 17.2 Å². The molecule has 12 nitrogen and oxygen atoms in total. The molecule has 0 unspecified atom stereocenters. The van der Waals surface area contributed by atoms with E-state index in [-0.39, 0.29) is 68.1 Å². The summed E-state index contributed by atoms with van der Waals surface area (Å²) in [4.78, 5) is 31.1. The molecule has 0 aliphatic heterocycles. The number of anilines is 3. The van der Waals surface area contributed by atoms with Crippen molar-refractivity contribution in [1.82, 2.24) is 0 Å². The zero-order chi connectivity index (χ0) is 25.3. The van der Waals surface area contributed by atoms with E-state index < -0.39 is 17.9 Å². The van der Waals surface area contributed by atoms with E-state index in [4.69, 9.17) is 47.8 Å². The largest absolute Gasteiger partial charge is 0.505 e. The van der Waals surface area contributed by atoms with Gasteiger partial charge in [-0.3, -0.25) is 0 Å². The Morgan fingerprint density at radius 3 is 0.853 bits per heavy atom. The Balaban J connectivity index is 0.000000473. The van der Waals surface area contributed by atoms with E-state index in [1.807, 2.05) is 0 Å². The molecule has 0 amide bonds. The second kappa shape index (κ2) is 13.1. The molecule has 3 rings (SSSR count). The fourth-order valence-corrected chi connectivity index (χ4v) is 2.20. The maximum Gasteiger partial charge on any atom is 0.339 e. The van der Waals surface area contributed by atoms with Crippen molar-refractivity contribution in [1.29, 1.82) is 0 Å². The van der Waals surface area contributed by atoms with E-state index in [2.05, 4.69) is 0 Å². The van der Waals surface area contributed by atoms with Crippen LogP contribution in [0.4, 0.5) is 17.1 Å². The van der Waals surface area contributed by atoms with Crippen molar-refractivity contribution in [2.45, 2.75) is 0 Å². The second-order valence-corrected chi connectivity index (χ2v) is 6.15. The molecule has 0 aliphatic rings. The predicted molar refractivity (Wildman–Crippen MR) is 118 cm³/mol. The van der Waals surface area contributed by atoms with Gasteiger partial charge in [-0.2, -0.15) is 0 Å². The topological polar surface area (TPSA) is 251 Å². The van der Waals surface area contributed by atoms with Crippen LogP contribution in [0.1, 0.15) is 31.1 Å². The number of carbonyl (C=O) groups is 3. The van der Waals surface area contributed by atoms with Crippen LogP contribution in [0.25, 0.3) is 0 Å². The third-order valence-electron chi connectivity index (χ3n) is 3.89. The van der Waals surface area contributed by atoms with Crippen molar-refractivity contribution >= 4 is 35.0 Å². The minimum Gasteiger partial charge on any atom is -0.505 e. The fraction of sp³-hybridized carbons (Fsp3) is 0. The van der Waals surface area contributed by atoms with Crippen LogP contribution in [0.15, 0.2) is 54.6 Å². The molecule has 0 saturated carbocycles. The molecular formula is C21H21FeN3O9. The number of phenols is 3. The maximum atomic E-state index is 10.4. The van der Waals surface area contributed by atoms with Crippen molar-refractivity contribution < 1.29 is 62.1 Å². The zero-order valence-electron chi connectivity index (χ0n) is 17.2. The summed E-state index contributed by atoms with van der Waals surface area (Å²) in [6, 6.07) is 12.6. The summed E-state index contributed by atoms with van der Waals surface area (Å²) in [6.07, 6.45) is 0. The Hall–Kier alpha value is -4.61. The molecule has 0 bridgehead atoms. The van der Waals surface area contributed by atoms with Gasteiger partial charge in [-0.05, 0) is 36.4 Å². The summed E-state index contributed by atoms with van der Waals surface area (Å²) in [7, 11) is 0. The molecule has 34 heavy (non-hydrogen) atoms. The number of hydrogen-bond acceptors (Lipinski definition) is 9. The van der Waals surface area contributed by atoms with Crippen LogP contribution < -0.4 is 17.2 Å². The van der Waals surface area contributed by atoms with Gasteiger partial charge in [-0.15, -0.1) is 0 Å². The van der Waals surface area contributed by atoms with E-state index in [1.165, 1.54) is 54.6 Å². The van der Waals surface area contributed by atoms with Gasteiger partial charge in [0.15, 0.2) is 17.2 Å². The number of hydrogen-bond donors (Lipinski definition) is 9. The van der Waals surface area contributed by atoms with Crippen LogP contribution in [0.3, 0.4) is 0 Å². The van der Waals surface area contributed by atoms with Crippen LogP contribution >= 0.6 is 0 Å². The number of nitrogen functional groups attached to an aromatic ring is 3. The second-order valence-electron chi connectivity index (χ2n) is 6.15. The summed E-state index contributed by atoms with van der Waals surface area (Å²) in [5.74, 6) is -4.68. The molecule has 3 aromatic carbocycles. The van der Waals surface area contributed by atoms with Gasteiger partial charge in [0.2, 0.25) is 0 Å². The first-order valence-corrected chi connectivity index (χ1v) is 8.80. The molecule has 3 aromatic rings. The Morgan fingerprint density at radius 1 is 0.500 bits per heavy atom. The smallest absolute Gasteiger partial charge is 0.339 e. The standard InChI is InChI=1S/3C7H7NO3.Fe/c3*8-5-3-1-2-4(6(5)9)7(10)11;/h3*1-3,9H,8H2,(H,10,11);. The molecule has 0 fully saturated rings. The third kappa shape index (κ3) is 7.82. The molecule has 0 aromatic heterocycles. The molecule has 0 aliphatic carbocycles. The van der Waals surface area contributed by atoms with Crippen molar-refractivity contribution in [3.63, 3.8) is 0 Å². The van der Waals surface area contributed by atoms with Gasteiger partial charge in [0.1, 0.15) is 16.7 Å². The van der Waals surface area contributed by atoms with E-state index >= 15 is 0 Å². The van der Waals surface area contributed by atoms with E-state index in [0.717, 1.165) is 0 Å². The molecule has 0 radical (unpaired) electrons. The van der Waals surface area contributed by atoms with Crippen LogP contribution in [0, 0.1) is 0 Å². The number of aromatic carboxylic acids is 3. The summed E-state index contributed by atoms with van der Waals surface area (Å²) in [5.41, 5.74) is 15.4. The van der Waals surface area contributed by atoms with Gasteiger partial charge in [0.25, 0.3) is 0 Å². The molecular weight excluding hydrogens is 494 g/mol. The molecule has 182 valence electrons. The molecule has 13 heteroatoms. The number of benzene rings is 3. The number of aromatic hydroxyl groups is 3. The van der Waals surface area contributed by atoms with Crippen molar-refractivity contribution in [2.24, 2.45) is 0 Å². The van der Waals surface area contributed by atoms with Gasteiger partial charge in [-0.25, -0.2) is 14.4 Å². The molecule has 0 atom stereocenters. The Labute approximate surface area is 203 Å². The van der Waals surface area contributed by atoms with Gasteiger partial charge in [-0.1, -0.05) is 18.2 Å². The van der Waals surface area contributed by atoms with E-state index in [9.17, 15) is 14.4 Å².